The lowest BCUT2D eigenvalue weighted by atomic mass is 10.1. The van der Waals surface area contributed by atoms with Crippen molar-refractivity contribution in [3.8, 4) is 0 Å². The molecule has 1 saturated heterocycles. The van der Waals surface area contributed by atoms with E-state index in [4.69, 9.17) is 14.2 Å². The summed E-state index contributed by atoms with van der Waals surface area (Å²) in [5.74, 6) is -0.125. The molecule has 0 unspecified atom stereocenters. The highest BCUT2D eigenvalue weighted by Crippen LogP contribution is 2.11. The number of rotatable bonds is 9. The summed E-state index contributed by atoms with van der Waals surface area (Å²) in [6, 6.07) is 0. The molecular formula is C15H28O4. The molecule has 0 bridgehead atoms. The molecule has 112 valence electrons. The zero-order valence-corrected chi connectivity index (χ0v) is 12.4. The standard InChI is InChI=1S/C15H28O4/c1-3-4-5-6-7-8-9-10-15(16)19-14-11-17-13(2)18-12-14/h13-14H,3-12H2,1-2H3. The Hall–Kier alpha value is -0.610. The molecule has 1 fully saturated rings. The number of esters is 1. The minimum absolute atomic E-state index is 0.125. The number of unbranched alkanes of at least 4 members (excludes halogenated alkanes) is 6. The van der Waals surface area contributed by atoms with Crippen molar-refractivity contribution >= 4 is 5.97 Å². The highest BCUT2D eigenvalue weighted by molar-refractivity contribution is 5.69. The van der Waals surface area contributed by atoms with Crippen LogP contribution in [0.5, 0.6) is 0 Å². The van der Waals surface area contributed by atoms with Crippen molar-refractivity contribution < 1.29 is 19.0 Å². The van der Waals surface area contributed by atoms with E-state index in [-0.39, 0.29) is 18.4 Å². The van der Waals surface area contributed by atoms with Crippen LogP contribution in [-0.2, 0) is 19.0 Å². The molecule has 0 aromatic rings. The SMILES string of the molecule is CCCCCCCCCC(=O)OC1COC(C)OC1. The van der Waals surface area contributed by atoms with Gasteiger partial charge in [0.05, 0.1) is 13.2 Å². The molecule has 4 heteroatoms. The van der Waals surface area contributed by atoms with Gasteiger partial charge >= 0.3 is 5.97 Å². The summed E-state index contributed by atoms with van der Waals surface area (Å²) in [5.41, 5.74) is 0. The van der Waals surface area contributed by atoms with Crippen LogP contribution in [-0.4, -0.2) is 31.6 Å². The second-order valence-electron chi connectivity index (χ2n) is 5.22. The molecular weight excluding hydrogens is 244 g/mol. The maximum absolute atomic E-state index is 11.6. The first-order chi connectivity index (χ1) is 9.22. The molecule has 0 radical (unpaired) electrons. The minimum atomic E-state index is -0.228. The van der Waals surface area contributed by atoms with Crippen LogP contribution in [0.1, 0.15) is 65.2 Å². The Morgan fingerprint density at radius 1 is 1.05 bits per heavy atom. The zero-order chi connectivity index (χ0) is 13.9. The van der Waals surface area contributed by atoms with Gasteiger partial charge in [-0.3, -0.25) is 4.79 Å². The molecule has 0 saturated carbocycles. The highest BCUT2D eigenvalue weighted by Gasteiger charge is 2.22. The average Bonchev–Trinajstić information content (AvgIpc) is 2.40. The molecule has 1 aliphatic heterocycles. The molecule has 0 aromatic heterocycles. The lowest BCUT2D eigenvalue weighted by Crippen LogP contribution is -2.37. The number of hydrogen-bond donors (Lipinski definition) is 0. The van der Waals surface area contributed by atoms with E-state index < -0.39 is 0 Å². The Balaban J connectivity index is 1.93. The normalized spacial score (nSPS) is 23.3. The van der Waals surface area contributed by atoms with Crippen LogP contribution in [0.15, 0.2) is 0 Å². The Bertz CT molecular complexity index is 234. The molecule has 1 heterocycles. The zero-order valence-electron chi connectivity index (χ0n) is 12.4. The lowest BCUT2D eigenvalue weighted by molar-refractivity contribution is -0.218. The fraction of sp³-hybridized carbons (Fsp3) is 0.933. The summed E-state index contributed by atoms with van der Waals surface area (Å²) in [4.78, 5) is 11.6. The van der Waals surface area contributed by atoms with Gasteiger partial charge in [0.25, 0.3) is 0 Å². The first kappa shape index (κ1) is 16.4. The monoisotopic (exact) mass is 272 g/mol. The molecule has 0 amide bonds. The Morgan fingerprint density at radius 3 is 2.26 bits per heavy atom. The van der Waals surface area contributed by atoms with Crippen molar-refractivity contribution in [2.45, 2.75) is 77.6 Å². The molecule has 0 atom stereocenters. The summed E-state index contributed by atoms with van der Waals surface area (Å²) in [6.07, 6.45) is 8.56. The third-order valence-corrected chi connectivity index (χ3v) is 3.32. The maximum Gasteiger partial charge on any atom is 0.306 e. The predicted molar refractivity (Wildman–Crippen MR) is 73.9 cm³/mol. The van der Waals surface area contributed by atoms with Crippen molar-refractivity contribution in [1.29, 1.82) is 0 Å². The molecule has 1 rings (SSSR count). The first-order valence-electron chi connectivity index (χ1n) is 7.65. The Morgan fingerprint density at radius 2 is 1.63 bits per heavy atom. The van der Waals surface area contributed by atoms with Crippen LogP contribution in [0.2, 0.25) is 0 Å². The van der Waals surface area contributed by atoms with E-state index in [0.717, 1.165) is 12.8 Å². The van der Waals surface area contributed by atoms with E-state index in [1.54, 1.807) is 0 Å². The topological polar surface area (TPSA) is 44.8 Å². The number of ether oxygens (including phenoxy) is 3. The van der Waals surface area contributed by atoms with Gasteiger partial charge < -0.3 is 14.2 Å². The largest absolute Gasteiger partial charge is 0.457 e. The van der Waals surface area contributed by atoms with Gasteiger partial charge in [0.1, 0.15) is 6.10 Å². The van der Waals surface area contributed by atoms with Crippen molar-refractivity contribution in [2.24, 2.45) is 0 Å². The number of carbonyl (C=O) groups excluding carboxylic acids is 1. The van der Waals surface area contributed by atoms with Crippen LogP contribution in [0, 0.1) is 0 Å². The van der Waals surface area contributed by atoms with E-state index in [1.165, 1.54) is 32.1 Å². The summed E-state index contributed by atoms with van der Waals surface area (Å²) in [5, 5.41) is 0. The summed E-state index contributed by atoms with van der Waals surface area (Å²) in [7, 11) is 0. The Kier molecular flexibility index (Phi) is 8.84. The van der Waals surface area contributed by atoms with Gasteiger partial charge in [-0.1, -0.05) is 45.4 Å². The average molecular weight is 272 g/mol. The van der Waals surface area contributed by atoms with E-state index in [1.807, 2.05) is 6.92 Å². The maximum atomic E-state index is 11.6. The van der Waals surface area contributed by atoms with Crippen molar-refractivity contribution in [3.05, 3.63) is 0 Å². The minimum Gasteiger partial charge on any atom is -0.457 e. The van der Waals surface area contributed by atoms with E-state index >= 15 is 0 Å². The van der Waals surface area contributed by atoms with Gasteiger partial charge in [-0.05, 0) is 13.3 Å². The quantitative estimate of drug-likeness (QED) is 0.476. The second kappa shape index (κ2) is 10.2. The molecule has 1 aliphatic rings. The van der Waals surface area contributed by atoms with Crippen LogP contribution >= 0.6 is 0 Å². The van der Waals surface area contributed by atoms with E-state index in [0.29, 0.717) is 19.6 Å². The predicted octanol–water partition coefficient (Wildman–Crippen LogP) is 3.43. The van der Waals surface area contributed by atoms with E-state index in [2.05, 4.69) is 6.92 Å². The molecule has 0 aliphatic carbocycles. The van der Waals surface area contributed by atoms with Crippen molar-refractivity contribution in [2.75, 3.05) is 13.2 Å². The van der Waals surface area contributed by atoms with Gasteiger partial charge in [-0.25, -0.2) is 0 Å². The van der Waals surface area contributed by atoms with Gasteiger partial charge in [-0.15, -0.1) is 0 Å². The molecule has 0 spiro atoms. The van der Waals surface area contributed by atoms with Crippen LogP contribution in [0.3, 0.4) is 0 Å². The molecule has 0 aromatic carbocycles. The third-order valence-electron chi connectivity index (χ3n) is 3.32. The van der Waals surface area contributed by atoms with Crippen LogP contribution in [0.25, 0.3) is 0 Å². The van der Waals surface area contributed by atoms with Crippen molar-refractivity contribution in [3.63, 3.8) is 0 Å². The number of carbonyl (C=O) groups is 1. The van der Waals surface area contributed by atoms with Gasteiger partial charge in [0.15, 0.2) is 6.29 Å². The van der Waals surface area contributed by atoms with Gasteiger partial charge in [-0.2, -0.15) is 0 Å². The second-order valence-corrected chi connectivity index (χ2v) is 5.22. The summed E-state index contributed by atoms with van der Waals surface area (Å²) in [6.45, 7) is 4.96. The molecule has 0 N–H and O–H groups in total. The van der Waals surface area contributed by atoms with Crippen molar-refractivity contribution in [1.82, 2.24) is 0 Å². The Labute approximate surface area is 116 Å². The smallest absolute Gasteiger partial charge is 0.306 e. The third kappa shape index (κ3) is 8.22. The number of hydrogen-bond acceptors (Lipinski definition) is 4. The summed E-state index contributed by atoms with van der Waals surface area (Å²) >= 11 is 0. The van der Waals surface area contributed by atoms with Crippen LogP contribution < -0.4 is 0 Å². The molecule has 19 heavy (non-hydrogen) atoms. The fourth-order valence-corrected chi connectivity index (χ4v) is 2.12. The lowest BCUT2D eigenvalue weighted by Gasteiger charge is -2.26. The fourth-order valence-electron chi connectivity index (χ4n) is 2.12. The highest BCUT2D eigenvalue weighted by atomic mass is 16.7. The molecule has 4 nitrogen and oxygen atoms in total. The summed E-state index contributed by atoms with van der Waals surface area (Å²) < 4.78 is 15.8. The van der Waals surface area contributed by atoms with E-state index in [9.17, 15) is 4.79 Å². The first-order valence-corrected chi connectivity index (χ1v) is 7.65. The van der Waals surface area contributed by atoms with Crippen LogP contribution in [0.4, 0.5) is 0 Å². The van der Waals surface area contributed by atoms with Gasteiger partial charge in [0, 0.05) is 6.42 Å². The van der Waals surface area contributed by atoms with Gasteiger partial charge in [0.2, 0.25) is 0 Å².